The molecule has 1 atom stereocenters. The van der Waals surface area contributed by atoms with Gasteiger partial charge in [0, 0.05) is 31.3 Å². The average Bonchev–Trinajstić information content (AvgIpc) is 3.23. The molecular formula is C21H27ClN4O2. The van der Waals surface area contributed by atoms with Gasteiger partial charge in [0.25, 0.3) is 5.91 Å². The Kier molecular flexibility index (Phi) is 5.99. The second-order valence-corrected chi connectivity index (χ2v) is 8.22. The molecule has 0 aliphatic carbocycles. The number of carbonyl (C=O) groups is 1. The highest BCUT2D eigenvalue weighted by Gasteiger charge is 2.24. The van der Waals surface area contributed by atoms with Gasteiger partial charge in [-0.2, -0.15) is 0 Å². The molecule has 3 N–H and O–H groups in total. The Hall–Kier alpha value is -1.89. The van der Waals surface area contributed by atoms with E-state index in [-0.39, 0.29) is 5.91 Å². The van der Waals surface area contributed by atoms with Gasteiger partial charge < -0.3 is 20.7 Å². The summed E-state index contributed by atoms with van der Waals surface area (Å²) in [7, 11) is 0. The molecule has 2 saturated heterocycles. The van der Waals surface area contributed by atoms with Gasteiger partial charge in [-0.25, -0.2) is 0 Å². The van der Waals surface area contributed by atoms with Gasteiger partial charge in [-0.15, -0.1) is 0 Å². The van der Waals surface area contributed by atoms with Gasteiger partial charge in [-0.05, 0) is 62.9 Å². The van der Waals surface area contributed by atoms with Crippen LogP contribution >= 0.6 is 11.6 Å². The first-order valence-corrected chi connectivity index (χ1v) is 10.4. The average molecular weight is 403 g/mol. The number of carbonyl (C=O) groups excluding carboxylic acids is 1. The molecule has 7 heteroatoms. The van der Waals surface area contributed by atoms with Crippen LogP contribution in [0.2, 0.25) is 5.02 Å². The maximum absolute atomic E-state index is 12.8. The van der Waals surface area contributed by atoms with Crippen molar-refractivity contribution >= 4 is 34.1 Å². The van der Waals surface area contributed by atoms with E-state index in [1.807, 2.05) is 6.07 Å². The van der Waals surface area contributed by atoms with E-state index < -0.39 is 0 Å². The van der Waals surface area contributed by atoms with Gasteiger partial charge in [-0.3, -0.25) is 9.78 Å². The molecule has 1 aromatic carbocycles. The van der Waals surface area contributed by atoms with Crippen molar-refractivity contribution in [2.75, 3.05) is 38.5 Å². The number of anilines is 1. The monoisotopic (exact) mass is 402 g/mol. The van der Waals surface area contributed by atoms with Crippen molar-refractivity contribution in [2.45, 2.75) is 31.8 Å². The number of pyridine rings is 1. The summed E-state index contributed by atoms with van der Waals surface area (Å²) in [4.78, 5) is 19.6. The summed E-state index contributed by atoms with van der Waals surface area (Å²) in [6.07, 6.45) is 6.63. The normalized spacial score (nSPS) is 21.2. The molecule has 0 bridgehead atoms. The maximum Gasteiger partial charge on any atom is 0.253 e. The highest BCUT2D eigenvalue weighted by atomic mass is 35.5. The molecule has 2 fully saturated rings. The highest BCUT2D eigenvalue weighted by Crippen LogP contribution is 2.30. The maximum atomic E-state index is 12.8. The molecule has 1 unspecified atom stereocenters. The molecule has 2 aromatic rings. The third-order valence-corrected chi connectivity index (χ3v) is 6.18. The van der Waals surface area contributed by atoms with Crippen LogP contribution in [-0.4, -0.2) is 54.7 Å². The van der Waals surface area contributed by atoms with Crippen LogP contribution in [0.5, 0.6) is 0 Å². The molecule has 3 heterocycles. The molecule has 1 aromatic heterocycles. The number of rotatable bonds is 5. The van der Waals surface area contributed by atoms with Crippen LogP contribution in [0.25, 0.3) is 10.9 Å². The van der Waals surface area contributed by atoms with Crippen molar-refractivity contribution in [3.8, 4) is 0 Å². The number of nitrogens with two attached hydrogens (primary N) is 1. The fourth-order valence-corrected chi connectivity index (χ4v) is 4.40. The first-order valence-electron chi connectivity index (χ1n) is 10.1. The van der Waals surface area contributed by atoms with E-state index >= 15 is 0 Å². The van der Waals surface area contributed by atoms with Gasteiger partial charge >= 0.3 is 0 Å². The molecule has 1 amide bonds. The lowest BCUT2D eigenvalue weighted by Gasteiger charge is -2.33. The van der Waals surface area contributed by atoms with Gasteiger partial charge in [0.05, 0.1) is 27.9 Å². The Morgan fingerprint density at radius 3 is 2.93 bits per heavy atom. The quantitative estimate of drug-likeness (QED) is 0.751. The van der Waals surface area contributed by atoms with Crippen LogP contribution in [0.1, 0.15) is 36.0 Å². The third-order valence-electron chi connectivity index (χ3n) is 5.87. The van der Waals surface area contributed by atoms with Crippen molar-refractivity contribution in [3.63, 3.8) is 0 Å². The number of fused-ring (bicyclic) bond motifs is 1. The van der Waals surface area contributed by atoms with Crippen LogP contribution in [0, 0.1) is 5.92 Å². The van der Waals surface area contributed by atoms with Gasteiger partial charge in [0.1, 0.15) is 0 Å². The molecule has 28 heavy (non-hydrogen) atoms. The van der Waals surface area contributed by atoms with Gasteiger partial charge in [0.2, 0.25) is 0 Å². The van der Waals surface area contributed by atoms with Gasteiger partial charge in [0.15, 0.2) is 0 Å². The SMILES string of the molecule is Nc1c(Cl)cc(C(=O)NCC2CCN(CC3CCCO3)CC2)c2ncccc12. The highest BCUT2D eigenvalue weighted by molar-refractivity contribution is 6.35. The van der Waals surface area contributed by atoms with Crippen molar-refractivity contribution in [3.05, 3.63) is 35.0 Å². The standard InChI is InChI=1S/C21H27ClN4O2/c22-18-11-17(20-16(19(18)23)4-1-7-24-20)21(27)25-12-14-5-8-26(9-6-14)13-15-3-2-10-28-15/h1,4,7,11,14-15H,2-3,5-6,8-10,12-13,23H2,(H,25,27). The van der Waals surface area contributed by atoms with Crippen LogP contribution < -0.4 is 11.1 Å². The fourth-order valence-electron chi connectivity index (χ4n) is 4.19. The van der Waals surface area contributed by atoms with Gasteiger partial charge in [-0.1, -0.05) is 11.6 Å². The summed E-state index contributed by atoms with van der Waals surface area (Å²) in [6, 6.07) is 5.25. The molecule has 0 saturated carbocycles. The number of likely N-dealkylation sites (tertiary alicyclic amines) is 1. The number of nitrogens with one attached hydrogen (secondary N) is 1. The molecule has 4 rings (SSSR count). The number of nitrogens with zero attached hydrogens (tertiary/aromatic N) is 2. The summed E-state index contributed by atoms with van der Waals surface area (Å²) in [6.45, 7) is 4.76. The molecular weight excluding hydrogens is 376 g/mol. The molecule has 2 aliphatic heterocycles. The largest absolute Gasteiger partial charge is 0.397 e. The number of benzene rings is 1. The number of piperidine rings is 1. The van der Waals surface area contributed by atoms with Crippen molar-refractivity contribution in [1.29, 1.82) is 0 Å². The Balaban J connectivity index is 1.33. The second-order valence-electron chi connectivity index (χ2n) is 7.81. The first kappa shape index (κ1) is 19.4. The van der Waals surface area contributed by atoms with Crippen LogP contribution in [-0.2, 0) is 4.74 Å². The Morgan fingerprint density at radius 1 is 1.36 bits per heavy atom. The van der Waals surface area contributed by atoms with Crippen molar-refractivity contribution in [1.82, 2.24) is 15.2 Å². The number of amides is 1. The van der Waals surface area contributed by atoms with Crippen molar-refractivity contribution in [2.24, 2.45) is 5.92 Å². The number of ether oxygens (including phenoxy) is 1. The van der Waals surface area contributed by atoms with E-state index in [2.05, 4.69) is 15.2 Å². The number of aromatic nitrogens is 1. The first-order chi connectivity index (χ1) is 13.6. The summed E-state index contributed by atoms with van der Waals surface area (Å²) in [5.41, 5.74) is 7.56. The van der Waals surface area contributed by atoms with E-state index in [1.165, 1.54) is 12.8 Å². The number of hydrogen-bond donors (Lipinski definition) is 2. The number of nitrogen functional groups attached to an aromatic ring is 1. The van der Waals surface area contributed by atoms with Crippen LogP contribution in [0.15, 0.2) is 24.4 Å². The Bertz CT molecular complexity index is 846. The van der Waals surface area contributed by atoms with Crippen molar-refractivity contribution < 1.29 is 9.53 Å². The zero-order chi connectivity index (χ0) is 19.5. The summed E-state index contributed by atoms with van der Waals surface area (Å²) in [5, 5.41) is 4.17. The van der Waals surface area contributed by atoms with Crippen LogP contribution in [0.3, 0.4) is 0 Å². The number of halogens is 1. The van der Waals surface area contributed by atoms with E-state index in [4.69, 9.17) is 22.1 Å². The van der Waals surface area contributed by atoms with E-state index in [0.29, 0.717) is 45.7 Å². The lowest BCUT2D eigenvalue weighted by molar-refractivity contribution is 0.0595. The Morgan fingerprint density at radius 2 is 2.18 bits per heavy atom. The minimum Gasteiger partial charge on any atom is -0.397 e. The minimum atomic E-state index is -0.146. The number of hydrogen-bond acceptors (Lipinski definition) is 5. The molecule has 2 aliphatic rings. The van der Waals surface area contributed by atoms with Crippen LogP contribution in [0.4, 0.5) is 5.69 Å². The summed E-state index contributed by atoms with van der Waals surface area (Å²) in [5.74, 6) is 0.348. The lowest BCUT2D eigenvalue weighted by Crippen LogP contribution is -2.41. The molecule has 0 radical (unpaired) electrons. The summed E-state index contributed by atoms with van der Waals surface area (Å²) < 4.78 is 5.74. The van der Waals surface area contributed by atoms with E-state index in [9.17, 15) is 4.79 Å². The Labute approximate surface area is 170 Å². The molecule has 6 nitrogen and oxygen atoms in total. The lowest BCUT2D eigenvalue weighted by atomic mass is 9.96. The zero-order valence-electron chi connectivity index (χ0n) is 16.0. The molecule has 0 spiro atoms. The zero-order valence-corrected chi connectivity index (χ0v) is 16.8. The third kappa shape index (κ3) is 4.24. The smallest absolute Gasteiger partial charge is 0.253 e. The molecule has 150 valence electrons. The van der Waals surface area contributed by atoms with E-state index in [1.54, 1.807) is 18.3 Å². The second kappa shape index (κ2) is 8.64. The predicted molar refractivity (Wildman–Crippen MR) is 112 cm³/mol. The fraction of sp³-hybridized carbons (Fsp3) is 0.524. The minimum absolute atomic E-state index is 0.146. The topological polar surface area (TPSA) is 80.5 Å². The predicted octanol–water partition coefficient (Wildman–Crippen LogP) is 3.09. The van der Waals surface area contributed by atoms with E-state index in [0.717, 1.165) is 39.1 Å². The summed E-state index contributed by atoms with van der Waals surface area (Å²) >= 11 is 6.22.